The lowest BCUT2D eigenvalue weighted by Crippen LogP contribution is -2.31. The van der Waals surface area contributed by atoms with E-state index in [2.05, 4.69) is 52.3 Å². The fraction of sp³-hybridized carbons (Fsp3) is 0.875. The van der Waals surface area contributed by atoms with E-state index in [1.807, 2.05) is 0 Å². The molecule has 120 valence electrons. The van der Waals surface area contributed by atoms with Gasteiger partial charge in [0.25, 0.3) is 0 Å². The van der Waals surface area contributed by atoms with E-state index < -0.39 is 16.6 Å². The highest BCUT2D eigenvalue weighted by Gasteiger charge is 2.23. The van der Waals surface area contributed by atoms with Crippen LogP contribution in [0, 0.1) is 0 Å². The lowest BCUT2D eigenvalue weighted by Gasteiger charge is -2.27. The Morgan fingerprint density at radius 2 is 1.20 bits per heavy atom. The summed E-state index contributed by atoms with van der Waals surface area (Å²) in [6.07, 6.45) is 11.3. The normalized spacial score (nSPS) is 12.2. The molecule has 0 unspecified atom stereocenters. The van der Waals surface area contributed by atoms with Crippen LogP contribution in [0.3, 0.4) is 0 Å². The maximum atomic E-state index is 6.07. The summed E-state index contributed by atoms with van der Waals surface area (Å²) in [5.74, 6) is 0.803. The second-order valence-corrected chi connectivity index (χ2v) is 16.4. The molecule has 0 fully saturated rings. The molecule has 0 spiro atoms. The van der Waals surface area contributed by atoms with Gasteiger partial charge in [0.2, 0.25) is 22.6 Å². The molecule has 0 bridgehead atoms. The number of hydrogen-bond donors (Lipinski definition) is 0. The van der Waals surface area contributed by atoms with Crippen molar-refractivity contribution in [3.63, 3.8) is 0 Å². The summed E-state index contributed by atoms with van der Waals surface area (Å²) in [7, 11) is -3.15. The van der Waals surface area contributed by atoms with Gasteiger partial charge in [0.1, 0.15) is 0 Å². The molecule has 0 N–H and O–H groups in total. The van der Waals surface area contributed by atoms with Gasteiger partial charge in [0, 0.05) is 0 Å². The van der Waals surface area contributed by atoms with E-state index in [1.165, 1.54) is 38.5 Å². The number of hydrogen-bond acceptors (Lipinski definition) is 2. The zero-order valence-electron chi connectivity index (χ0n) is 14.8. The minimum absolute atomic E-state index is 0.803. The standard InChI is InChI=1S/C16H36O2Si2/c1-8-9-10-11-12-13-14-15-16(17-19(2,3)4)18-20(5,6)7/h15H,8-14H2,1-7H3. The molecule has 0 radical (unpaired) electrons. The van der Waals surface area contributed by atoms with Gasteiger partial charge in [-0.25, -0.2) is 0 Å². The number of unbranched alkanes of at least 4 members (excludes halogenated alkanes) is 6. The molecule has 0 aliphatic carbocycles. The fourth-order valence-corrected chi connectivity index (χ4v) is 3.39. The van der Waals surface area contributed by atoms with Crippen molar-refractivity contribution in [2.75, 3.05) is 0 Å². The lowest BCUT2D eigenvalue weighted by atomic mass is 10.1. The summed E-state index contributed by atoms with van der Waals surface area (Å²) >= 11 is 0. The zero-order chi connectivity index (χ0) is 15.6. The first kappa shape index (κ1) is 19.8. The first-order valence-corrected chi connectivity index (χ1v) is 15.0. The maximum absolute atomic E-state index is 6.07. The quantitative estimate of drug-likeness (QED) is 0.254. The van der Waals surface area contributed by atoms with E-state index >= 15 is 0 Å². The minimum Gasteiger partial charge on any atom is -0.521 e. The molecule has 0 aliphatic heterocycles. The largest absolute Gasteiger partial charge is 0.521 e. The molecule has 0 aromatic carbocycles. The van der Waals surface area contributed by atoms with Crippen molar-refractivity contribution in [3.05, 3.63) is 12.0 Å². The predicted octanol–water partition coefficient (Wildman–Crippen LogP) is 6.28. The highest BCUT2D eigenvalue weighted by Crippen LogP contribution is 2.18. The van der Waals surface area contributed by atoms with E-state index in [-0.39, 0.29) is 0 Å². The topological polar surface area (TPSA) is 18.5 Å². The van der Waals surface area contributed by atoms with Crippen molar-refractivity contribution in [1.82, 2.24) is 0 Å². The molecular weight excluding hydrogens is 280 g/mol. The summed E-state index contributed by atoms with van der Waals surface area (Å²) in [6.45, 7) is 15.5. The van der Waals surface area contributed by atoms with E-state index in [1.54, 1.807) is 0 Å². The minimum atomic E-state index is -1.58. The summed E-state index contributed by atoms with van der Waals surface area (Å²) < 4.78 is 12.1. The second-order valence-electron chi connectivity index (χ2n) is 7.51. The van der Waals surface area contributed by atoms with Gasteiger partial charge >= 0.3 is 0 Å². The van der Waals surface area contributed by atoms with Gasteiger partial charge in [-0.1, -0.05) is 39.0 Å². The van der Waals surface area contributed by atoms with Crippen LogP contribution in [0.1, 0.15) is 51.9 Å². The van der Waals surface area contributed by atoms with Crippen LogP contribution in [0.25, 0.3) is 0 Å². The van der Waals surface area contributed by atoms with Crippen LogP contribution in [0.2, 0.25) is 39.3 Å². The van der Waals surface area contributed by atoms with Crippen LogP contribution in [0.15, 0.2) is 12.0 Å². The average molecular weight is 317 g/mol. The Labute approximate surface area is 129 Å². The van der Waals surface area contributed by atoms with Gasteiger partial charge in [-0.05, 0) is 58.2 Å². The van der Waals surface area contributed by atoms with Crippen molar-refractivity contribution in [2.45, 2.75) is 91.2 Å². The summed E-state index contributed by atoms with van der Waals surface area (Å²) in [5.41, 5.74) is 0. The zero-order valence-corrected chi connectivity index (χ0v) is 16.8. The van der Waals surface area contributed by atoms with Gasteiger partial charge < -0.3 is 8.85 Å². The van der Waals surface area contributed by atoms with Crippen molar-refractivity contribution in [3.8, 4) is 0 Å². The van der Waals surface area contributed by atoms with Gasteiger partial charge in [-0.3, -0.25) is 0 Å². The smallest absolute Gasteiger partial charge is 0.247 e. The Morgan fingerprint density at radius 1 is 0.750 bits per heavy atom. The van der Waals surface area contributed by atoms with Crippen LogP contribution >= 0.6 is 0 Å². The van der Waals surface area contributed by atoms with Crippen LogP contribution in [-0.4, -0.2) is 16.6 Å². The molecule has 0 saturated carbocycles. The van der Waals surface area contributed by atoms with Crippen molar-refractivity contribution in [2.24, 2.45) is 0 Å². The molecule has 2 nitrogen and oxygen atoms in total. The number of rotatable bonds is 11. The van der Waals surface area contributed by atoms with Crippen LogP contribution in [0.5, 0.6) is 0 Å². The van der Waals surface area contributed by atoms with Gasteiger partial charge in [-0.2, -0.15) is 0 Å². The van der Waals surface area contributed by atoms with Gasteiger partial charge in [0.15, 0.2) is 0 Å². The predicted molar refractivity (Wildman–Crippen MR) is 94.9 cm³/mol. The first-order valence-electron chi connectivity index (χ1n) is 8.22. The van der Waals surface area contributed by atoms with Crippen LogP contribution < -0.4 is 0 Å². The van der Waals surface area contributed by atoms with E-state index in [4.69, 9.17) is 8.85 Å². The second kappa shape index (κ2) is 9.66. The molecule has 0 aliphatic rings. The molecule has 0 heterocycles. The molecule has 0 saturated heterocycles. The summed E-state index contributed by atoms with van der Waals surface area (Å²) in [4.78, 5) is 0. The van der Waals surface area contributed by atoms with Crippen LogP contribution in [-0.2, 0) is 8.85 Å². The van der Waals surface area contributed by atoms with Gasteiger partial charge in [0.05, 0.1) is 0 Å². The Kier molecular flexibility index (Phi) is 9.55. The third kappa shape index (κ3) is 14.2. The SMILES string of the molecule is CCCCCCCCC=C(O[Si](C)(C)C)O[Si](C)(C)C. The number of allylic oxidation sites excluding steroid dienone is 1. The molecule has 0 atom stereocenters. The molecule has 0 rings (SSSR count). The third-order valence-corrected chi connectivity index (χ3v) is 4.31. The highest BCUT2D eigenvalue weighted by molar-refractivity contribution is 6.71. The summed E-state index contributed by atoms with van der Waals surface area (Å²) in [5, 5.41) is 0. The molecule has 20 heavy (non-hydrogen) atoms. The maximum Gasteiger partial charge on any atom is 0.247 e. The Bertz CT molecular complexity index is 257. The highest BCUT2D eigenvalue weighted by atomic mass is 28.4. The van der Waals surface area contributed by atoms with Crippen molar-refractivity contribution in [1.29, 1.82) is 0 Å². The Hall–Kier alpha value is -0.226. The molecule has 0 aromatic heterocycles. The molecular formula is C16H36O2Si2. The molecule has 4 heteroatoms. The van der Waals surface area contributed by atoms with Crippen LogP contribution in [0.4, 0.5) is 0 Å². The van der Waals surface area contributed by atoms with Gasteiger partial charge in [-0.15, -0.1) is 0 Å². The third-order valence-electron chi connectivity index (χ3n) is 2.68. The van der Waals surface area contributed by atoms with E-state index in [0.717, 1.165) is 12.4 Å². The van der Waals surface area contributed by atoms with Crippen molar-refractivity contribution < 1.29 is 8.85 Å². The van der Waals surface area contributed by atoms with E-state index in [0.29, 0.717) is 0 Å². The summed E-state index contributed by atoms with van der Waals surface area (Å²) in [6, 6.07) is 0. The lowest BCUT2D eigenvalue weighted by molar-refractivity contribution is 0.214. The Balaban J connectivity index is 4.15. The fourth-order valence-electron chi connectivity index (χ4n) is 1.85. The monoisotopic (exact) mass is 316 g/mol. The molecule has 0 aromatic rings. The first-order chi connectivity index (χ1) is 9.14. The van der Waals surface area contributed by atoms with Crippen molar-refractivity contribution >= 4 is 16.6 Å². The Morgan fingerprint density at radius 3 is 1.65 bits per heavy atom. The van der Waals surface area contributed by atoms with E-state index in [9.17, 15) is 0 Å². The molecule has 0 amide bonds. The average Bonchev–Trinajstić information content (AvgIpc) is 2.23.